The largest absolute Gasteiger partial charge is 0.378 e. The molecule has 2 aromatic carbocycles. The molecule has 3 amide bonds. The van der Waals surface area contributed by atoms with Crippen molar-refractivity contribution in [2.45, 2.75) is 22.7 Å². The van der Waals surface area contributed by atoms with E-state index in [0.29, 0.717) is 36.2 Å². The number of nitro groups is 1. The highest BCUT2D eigenvalue weighted by Crippen LogP contribution is 2.53. The Hall–Kier alpha value is -3.81. The molecule has 3 aromatic rings. The second-order valence-electron chi connectivity index (χ2n) is 9.35. The molecule has 4 heterocycles. The third-order valence-corrected chi connectivity index (χ3v) is 9.79. The van der Waals surface area contributed by atoms with Gasteiger partial charge in [-0.05, 0) is 17.7 Å². The molecule has 3 unspecified atom stereocenters. The zero-order chi connectivity index (χ0) is 27.3. The first kappa shape index (κ1) is 25.5. The van der Waals surface area contributed by atoms with Gasteiger partial charge in [0, 0.05) is 36.0 Å². The average molecular weight is 567 g/mol. The predicted octanol–water partition coefficient (Wildman–Crippen LogP) is 2.47. The van der Waals surface area contributed by atoms with Crippen LogP contribution in [0.25, 0.3) is 0 Å². The Bertz CT molecular complexity index is 1530. The van der Waals surface area contributed by atoms with Crippen LogP contribution in [-0.4, -0.2) is 63.7 Å². The van der Waals surface area contributed by atoms with Crippen LogP contribution >= 0.6 is 23.1 Å². The number of thiazole rings is 1. The molecule has 0 radical (unpaired) electrons. The number of imide groups is 1. The minimum atomic E-state index is -0.830. The van der Waals surface area contributed by atoms with Gasteiger partial charge in [-0.15, -0.1) is 0 Å². The number of thioether (sulfide) groups is 1. The molecule has 0 aliphatic carbocycles. The Morgan fingerprint density at radius 1 is 1.00 bits per heavy atom. The second kappa shape index (κ2) is 10.1. The van der Waals surface area contributed by atoms with E-state index in [-0.39, 0.29) is 28.7 Å². The van der Waals surface area contributed by atoms with Gasteiger partial charge in [0.05, 0.1) is 34.8 Å². The third kappa shape index (κ3) is 4.36. The van der Waals surface area contributed by atoms with Crippen LogP contribution in [-0.2, 0) is 25.7 Å². The fourth-order valence-corrected chi connectivity index (χ4v) is 8.07. The Morgan fingerprint density at radius 3 is 2.36 bits per heavy atom. The van der Waals surface area contributed by atoms with Crippen molar-refractivity contribution in [1.82, 2.24) is 9.47 Å². The molecule has 6 rings (SSSR count). The maximum absolute atomic E-state index is 13.8. The summed E-state index contributed by atoms with van der Waals surface area (Å²) < 4.78 is 6.74. The fraction of sp³-hybridized carbons (Fsp3) is 0.308. The number of hydrogen-bond donors (Lipinski definition) is 0. The molecule has 2 fully saturated rings. The van der Waals surface area contributed by atoms with E-state index in [0.717, 1.165) is 33.6 Å². The lowest BCUT2D eigenvalue weighted by Crippen LogP contribution is -2.43. The summed E-state index contributed by atoms with van der Waals surface area (Å²) in [5, 5.41) is 10.8. The first-order chi connectivity index (χ1) is 18.8. The van der Waals surface area contributed by atoms with Crippen molar-refractivity contribution in [3.63, 3.8) is 0 Å². The fourth-order valence-electron chi connectivity index (χ4n) is 5.30. The number of ether oxygens (including phenoxy) is 1. The normalized spacial score (nSPS) is 22.5. The highest BCUT2D eigenvalue weighted by atomic mass is 32.2. The molecule has 3 aliphatic heterocycles. The van der Waals surface area contributed by atoms with Gasteiger partial charge in [-0.25, -0.2) is 4.90 Å². The van der Waals surface area contributed by atoms with Gasteiger partial charge < -0.3 is 9.64 Å². The molecule has 0 bridgehead atoms. The van der Waals surface area contributed by atoms with Gasteiger partial charge in [-0.2, -0.15) is 0 Å². The van der Waals surface area contributed by atoms with Gasteiger partial charge in [-0.1, -0.05) is 53.4 Å². The number of aromatic nitrogens is 1. The monoisotopic (exact) mass is 566 g/mol. The molecule has 11 nitrogen and oxygen atoms in total. The van der Waals surface area contributed by atoms with E-state index in [1.807, 2.05) is 30.3 Å². The van der Waals surface area contributed by atoms with Crippen molar-refractivity contribution >= 4 is 52.2 Å². The van der Waals surface area contributed by atoms with E-state index in [9.17, 15) is 29.3 Å². The quantitative estimate of drug-likeness (QED) is 0.261. The van der Waals surface area contributed by atoms with Gasteiger partial charge in [0.15, 0.2) is 0 Å². The van der Waals surface area contributed by atoms with Gasteiger partial charge in [-0.3, -0.25) is 33.9 Å². The molecule has 3 atom stereocenters. The van der Waals surface area contributed by atoms with Crippen molar-refractivity contribution in [1.29, 1.82) is 0 Å². The lowest BCUT2D eigenvalue weighted by molar-refractivity contribution is -0.384. The van der Waals surface area contributed by atoms with Crippen molar-refractivity contribution in [2.75, 3.05) is 31.2 Å². The SMILES string of the molecule is O=C(Cn1c2c(sc1=O)C(c1ccccc1)C1C(=O)N(c3ccc([N+](=O)[O-])cc3)C(=O)C1S2)N1CCOCC1. The first-order valence-electron chi connectivity index (χ1n) is 12.3. The third-order valence-electron chi connectivity index (χ3n) is 7.18. The van der Waals surface area contributed by atoms with E-state index in [1.165, 1.54) is 28.8 Å². The van der Waals surface area contributed by atoms with Crippen molar-refractivity contribution in [2.24, 2.45) is 5.92 Å². The van der Waals surface area contributed by atoms with E-state index >= 15 is 0 Å². The zero-order valence-corrected chi connectivity index (χ0v) is 22.1. The van der Waals surface area contributed by atoms with E-state index in [2.05, 4.69) is 0 Å². The van der Waals surface area contributed by atoms with E-state index < -0.39 is 33.8 Å². The number of hydrogen-bond acceptors (Lipinski definition) is 9. The van der Waals surface area contributed by atoms with Crippen LogP contribution in [0.2, 0.25) is 0 Å². The summed E-state index contributed by atoms with van der Waals surface area (Å²) in [5.41, 5.74) is 0.886. The van der Waals surface area contributed by atoms with Crippen LogP contribution in [0.3, 0.4) is 0 Å². The summed E-state index contributed by atoms with van der Waals surface area (Å²) >= 11 is 2.14. The number of rotatable bonds is 5. The van der Waals surface area contributed by atoms with Crippen molar-refractivity contribution < 1.29 is 24.0 Å². The molecule has 200 valence electrons. The van der Waals surface area contributed by atoms with Gasteiger partial charge in [0.2, 0.25) is 17.7 Å². The number of fused-ring (bicyclic) bond motifs is 2. The van der Waals surface area contributed by atoms with Crippen LogP contribution in [0.4, 0.5) is 11.4 Å². The zero-order valence-electron chi connectivity index (χ0n) is 20.4. The van der Waals surface area contributed by atoms with Crippen molar-refractivity contribution in [3.05, 3.63) is 84.8 Å². The van der Waals surface area contributed by atoms with E-state index in [1.54, 1.807) is 4.90 Å². The Balaban J connectivity index is 1.40. The molecule has 0 spiro atoms. The molecule has 13 heteroatoms. The number of benzene rings is 2. The number of carbonyl (C=O) groups excluding carboxylic acids is 3. The number of amides is 3. The van der Waals surface area contributed by atoms with Crippen LogP contribution in [0.5, 0.6) is 0 Å². The average Bonchev–Trinajstić information content (AvgIpc) is 3.40. The number of morpholine rings is 1. The summed E-state index contributed by atoms with van der Waals surface area (Å²) in [6.45, 7) is 1.60. The Kier molecular flexibility index (Phi) is 6.57. The van der Waals surface area contributed by atoms with Crippen LogP contribution in [0, 0.1) is 16.0 Å². The smallest absolute Gasteiger partial charge is 0.308 e. The molecule has 2 saturated heterocycles. The number of nitro benzene ring substituents is 1. The number of nitrogens with zero attached hydrogens (tertiary/aromatic N) is 4. The Labute approximate surface area is 230 Å². The minimum Gasteiger partial charge on any atom is -0.378 e. The lowest BCUT2D eigenvalue weighted by atomic mass is 9.83. The second-order valence-corrected chi connectivity index (χ2v) is 11.5. The van der Waals surface area contributed by atoms with Gasteiger partial charge in [0.1, 0.15) is 11.8 Å². The Morgan fingerprint density at radius 2 is 1.69 bits per heavy atom. The number of anilines is 1. The predicted molar refractivity (Wildman–Crippen MR) is 143 cm³/mol. The van der Waals surface area contributed by atoms with Crippen LogP contribution in [0.1, 0.15) is 16.4 Å². The van der Waals surface area contributed by atoms with Gasteiger partial charge in [0.25, 0.3) is 5.69 Å². The van der Waals surface area contributed by atoms with Crippen LogP contribution in [0.15, 0.2) is 64.4 Å². The molecule has 1 aromatic heterocycles. The first-order valence-corrected chi connectivity index (χ1v) is 14.0. The molecule has 39 heavy (non-hydrogen) atoms. The molecular weight excluding hydrogens is 544 g/mol. The maximum atomic E-state index is 13.8. The van der Waals surface area contributed by atoms with Crippen molar-refractivity contribution in [3.8, 4) is 0 Å². The number of carbonyl (C=O) groups is 3. The lowest BCUT2D eigenvalue weighted by Gasteiger charge is -2.31. The highest BCUT2D eigenvalue weighted by molar-refractivity contribution is 8.00. The van der Waals surface area contributed by atoms with Gasteiger partial charge >= 0.3 is 4.87 Å². The minimum absolute atomic E-state index is 0.150. The summed E-state index contributed by atoms with van der Waals surface area (Å²) in [5.74, 6) is -2.44. The maximum Gasteiger partial charge on any atom is 0.308 e. The number of non-ortho nitro benzene ring substituents is 1. The van der Waals surface area contributed by atoms with Crippen LogP contribution < -0.4 is 9.77 Å². The summed E-state index contributed by atoms with van der Waals surface area (Å²) in [4.78, 5) is 67.4. The molecule has 0 saturated carbocycles. The summed E-state index contributed by atoms with van der Waals surface area (Å²) in [6, 6.07) is 14.5. The summed E-state index contributed by atoms with van der Waals surface area (Å²) in [6.07, 6.45) is 0. The standard InChI is InChI=1S/C26H22N4O7S2/c31-18(27-10-12-37-13-11-27)14-28-25-22(39-26(28)34)19(15-4-2-1-3-5-15)20-21(38-25)24(33)29(23(20)32)16-6-8-17(9-7-16)30(35)36/h1-9,19-21H,10-14H2. The highest BCUT2D eigenvalue weighted by Gasteiger charge is 2.56. The topological polar surface area (TPSA) is 132 Å². The molecule has 0 N–H and O–H groups in total. The summed E-state index contributed by atoms with van der Waals surface area (Å²) in [7, 11) is 0. The molecule has 3 aliphatic rings. The van der Waals surface area contributed by atoms with E-state index in [4.69, 9.17) is 4.74 Å². The molecular formula is C26H22N4O7S2.